The summed E-state index contributed by atoms with van der Waals surface area (Å²) < 4.78 is 15.4. The largest absolute Gasteiger partial charge is 0.382 e. The van der Waals surface area contributed by atoms with E-state index in [2.05, 4.69) is 20.6 Å². The van der Waals surface area contributed by atoms with Crippen LogP contribution in [0.1, 0.15) is 5.82 Å². The van der Waals surface area contributed by atoms with Crippen molar-refractivity contribution >= 4 is 11.6 Å². The number of ether oxygens (including phenoxy) is 3. The molecule has 108 valence electrons. The van der Waals surface area contributed by atoms with Gasteiger partial charge in [-0.15, -0.1) is 0 Å². The molecule has 0 amide bonds. The van der Waals surface area contributed by atoms with Crippen LogP contribution in [0.3, 0.4) is 0 Å². The molecule has 0 aromatic carbocycles. The second-order valence-electron chi connectivity index (χ2n) is 3.93. The predicted octanol–water partition coefficient (Wildman–Crippen LogP) is 0.738. The number of anilines is 2. The molecule has 1 rings (SSSR count). The van der Waals surface area contributed by atoms with E-state index < -0.39 is 0 Å². The number of rotatable bonds is 9. The molecule has 1 aromatic heterocycles. The van der Waals surface area contributed by atoms with Crippen LogP contribution in [0.15, 0.2) is 6.07 Å². The summed E-state index contributed by atoms with van der Waals surface area (Å²) in [5.74, 6) is 2.09. The molecule has 0 saturated carbocycles. The standard InChI is InChI=1S/C12H22N4O3/c1-13-10-5-11(16-12(15-10)8-18-3)14-6-9(19-4)7-17-2/h5,9H,6-8H2,1-4H3,(H2,13,14,15,16). The lowest BCUT2D eigenvalue weighted by Gasteiger charge is -2.16. The van der Waals surface area contributed by atoms with Gasteiger partial charge in [-0.25, -0.2) is 9.97 Å². The molecule has 7 heteroatoms. The maximum absolute atomic E-state index is 5.28. The average Bonchev–Trinajstić information content (AvgIpc) is 2.43. The zero-order chi connectivity index (χ0) is 14.1. The number of nitrogens with one attached hydrogen (secondary N) is 2. The molecule has 0 radical (unpaired) electrons. The van der Waals surface area contributed by atoms with Crippen molar-refractivity contribution in [3.8, 4) is 0 Å². The van der Waals surface area contributed by atoms with E-state index >= 15 is 0 Å². The number of hydrogen-bond acceptors (Lipinski definition) is 7. The zero-order valence-corrected chi connectivity index (χ0v) is 11.9. The lowest BCUT2D eigenvalue weighted by atomic mass is 10.3. The highest BCUT2D eigenvalue weighted by Gasteiger charge is 2.08. The molecule has 2 N–H and O–H groups in total. The molecule has 0 fully saturated rings. The lowest BCUT2D eigenvalue weighted by Crippen LogP contribution is -2.27. The van der Waals surface area contributed by atoms with E-state index in [1.54, 1.807) is 21.3 Å². The number of aromatic nitrogens is 2. The molecule has 0 saturated heterocycles. The van der Waals surface area contributed by atoms with E-state index in [4.69, 9.17) is 14.2 Å². The predicted molar refractivity (Wildman–Crippen MR) is 73.5 cm³/mol. The maximum atomic E-state index is 5.28. The second-order valence-corrected chi connectivity index (χ2v) is 3.93. The van der Waals surface area contributed by atoms with Crippen LogP contribution >= 0.6 is 0 Å². The third-order valence-electron chi connectivity index (χ3n) is 2.50. The van der Waals surface area contributed by atoms with E-state index in [0.29, 0.717) is 25.6 Å². The fraction of sp³-hybridized carbons (Fsp3) is 0.667. The molecule has 0 aliphatic rings. The highest BCUT2D eigenvalue weighted by atomic mass is 16.5. The van der Waals surface area contributed by atoms with Gasteiger partial charge in [0.15, 0.2) is 5.82 Å². The van der Waals surface area contributed by atoms with Crippen LogP contribution in [-0.4, -0.2) is 57.6 Å². The zero-order valence-electron chi connectivity index (χ0n) is 11.9. The highest BCUT2D eigenvalue weighted by molar-refractivity contribution is 5.47. The Bertz CT molecular complexity index is 376. The van der Waals surface area contributed by atoms with Gasteiger partial charge in [0.2, 0.25) is 0 Å². The molecule has 1 atom stereocenters. The number of hydrogen-bond donors (Lipinski definition) is 2. The molecule has 19 heavy (non-hydrogen) atoms. The van der Waals surface area contributed by atoms with Crippen molar-refractivity contribution in [3.05, 3.63) is 11.9 Å². The minimum atomic E-state index is -0.0242. The van der Waals surface area contributed by atoms with Gasteiger partial charge in [0.1, 0.15) is 18.2 Å². The number of methoxy groups -OCH3 is 3. The van der Waals surface area contributed by atoms with E-state index in [-0.39, 0.29) is 6.10 Å². The van der Waals surface area contributed by atoms with Gasteiger partial charge >= 0.3 is 0 Å². The molecule has 1 aromatic rings. The Labute approximate surface area is 113 Å². The average molecular weight is 270 g/mol. The third kappa shape index (κ3) is 5.37. The van der Waals surface area contributed by atoms with Gasteiger partial charge in [-0.3, -0.25) is 0 Å². The van der Waals surface area contributed by atoms with Gasteiger partial charge < -0.3 is 24.8 Å². The van der Waals surface area contributed by atoms with Gasteiger partial charge in [0.05, 0.1) is 12.7 Å². The Kier molecular flexibility index (Phi) is 7.09. The first kappa shape index (κ1) is 15.6. The van der Waals surface area contributed by atoms with Gasteiger partial charge in [-0.2, -0.15) is 0 Å². The maximum Gasteiger partial charge on any atom is 0.158 e. The quantitative estimate of drug-likeness (QED) is 0.685. The molecule has 0 aliphatic carbocycles. The van der Waals surface area contributed by atoms with Crippen molar-refractivity contribution < 1.29 is 14.2 Å². The summed E-state index contributed by atoms with van der Waals surface area (Å²) in [4.78, 5) is 8.64. The summed E-state index contributed by atoms with van der Waals surface area (Å²) in [7, 11) is 6.72. The summed E-state index contributed by atoms with van der Waals surface area (Å²) in [6.07, 6.45) is -0.0242. The van der Waals surface area contributed by atoms with Crippen LogP contribution in [0.25, 0.3) is 0 Å². The van der Waals surface area contributed by atoms with E-state index in [9.17, 15) is 0 Å². The second kappa shape index (κ2) is 8.63. The smallest absolute Gasteiger partial charge is 0.158 e. The molecule has 7 nitrogen and oxygen atoms in total. The van der Waals surface area contributed by atoms with Crippen molar-refractivity contribution in [1.29, 1.82) is 0 Å². The van der Waals surface area contributed by atoms with Crippen molar-refractivity contribution in [2.45, 2.75) is 12.7 Å². The molecule has 0 aliphatic heterocycles. The summed E-state index contributed by atoms with van der Waals surface area (Å²) in [6, 6.07) is 1.83. The van der Waals surface area contributed by atoms with Crippen LogP contribution in [0, 0.1) is 0 Å². The third-order valence-corrected chi connectivity index (χ3v) is 2.50. The fourth-order valence-electron chi connectivity index (χ4n) is 1.52. The van der Waals surface area contributed by atoms with Crippen molar-refractivity contribution in [2.24, 2.45) is 0 Å². The molecule has 0 bridgehead atoms. The Hall–Kier alpha value is -1.44. The molecular weight excluding hydrogens is 248 g/mol. The first-order valence-electron chi connectivity index (χ1n) is 6.03. The molecule has 0 spiro atoms. The Morgan fingerprint density at radius 3 is 2.47 bits per heavy atom. The Balaban J connectivity index is 2.67. The topological polar surface area (TPSA) is 77.5 Å². The van der Waals surface area contributed by atoms with E-state index in [1.807, 2.05) is 13.1 Å². The summed E-state index contributed by atoms with van der Waals surface area (Å²) in [5.41, 5.74) is 0. The summed E-state index contributed by atoms with van der Waals surface area (Å²) >= 11 is 0. The van der Waals surface area contributed by atoms with Gasteiger partial charge in [-0.05, 0) is 0 Å². The first-order valence-corrected chi connectivity index (χ1v) is 6.03. The van der Waals surface area contributed by atoms with Crippen LogP contribution in [0.5, 0.6) is 0 Å². The summed E-state index contributed by atoms with van der Waals surface area (Å²) in [6.45, 7) is 1.51. The van der Waals surface area contributed by atoms with Crippen LogP contribution in [0.4, 0.5) is 11.6 Å². The van der Waals surface area contributed by atoms with E-state index in [0.717, 1.165) is 11.6 Å². The monoisotopic (exact) mass is 270 g/mol. The van der Waals surface area contributed by atoms with Gasteiger partial charge in [-0.1, -0.05) is 0 Å². The normalized spacial score (nSPS) is 12.2. The van der Waals surface area contributed by atoms with Crippen LogP contribution in [0.2, 0.25) is 0 Å². The van der Waals surface area contributed by atoms with Gasteiger partial charge in [0.25, 0.3) is 0 Å². The number of nitrogens with zero attached hydrogens (tertiary/aromatic N) is 2. The molecular formula is C12H22N4O3. The highest BCUT2D eigenvalue weighted by Crippen LogP contribution is 2.11. The van der Waals surface area contributed by atoms with Gasteiger partial charge in [0, 0.05) is 41.0 Å². The summed E-state index contributed by atoms with van der Waals surface area (Å²) in [5, 5.41) is 6.19. The lowest BCUT2D eigenvalue weighted by molar-refractivity contribution is 0.0365. The molecule has 1 unspecified atom stereocenters. The van der Waals surface area contributed by atoms with E-state index in [1.165, 1.54) is 0 Å². The van der Waals surface area contributed by atoms with Crippen molar-refractivity contribution in [2.75, 3.05) is 52.2 Å². The Morgan fingerprint density at radius 1 is 1.16 bits per heavy atom. The fourth-order valence-corrected chi connectivity index (χ4v) is 1.52. The van der Waals surface area contributed by atoms with Crippen molar-refractivity contribution in [1.82, 2.24) is 9.97 Å². The minimum absolute atomic E-state index is 0.0242. The van der Waals surface area contributed by atoms with Crippen LogP contribution < -0.4 is 10.6 Å². The Morgan fingerprint density at radius 2 is 1.89 bits per heavy atom. The SMILES string of the molecule is CNc1cc(NCC(COC)OC)nc(COC)n1. The van der Waals surface area contributed by atoms with Crippen molar-refractivity contribution in [3.63, 3.8) is 0 Å². The van der Waals surface area contributed by atoms with Crippen LogP contribution in [-0.2, 0) is 20.8 Å². The first-order chi connectivity index (χ1) is 9.23. The molecule has 1 heterocycles. The minimum Gasteiger partial charge on any atom is -0.382 e.